The van der Waals surface area contributed by atoms with E-state index in [0.717, 1.165) is 75.2 Å². The van der Waals surface area contributed by atoms with Crippen LogP contribution < -0.4 is 10.2 Å². The standard InChI is InChI=1S/C24H36N4O4/c1-17-2-7-21-22(14-17)32-26-24(21)28-12-10-27(11-13-28)9-8-18-3-5-19(6-4-18)25-23(31)15-20(30)16-29/h2,7,14,18-20,29-30H,3-6,8-13,15-16H2,1H3,(H,25,31). The highest BCUT2D eigenvalue weighted by atomic mass is 16.5. The van der Waals surface area contributed by atoms with Crippen LogP contribution in [0.4, 0.5) is 5.82 Å². The number of fused-ring (bicyclic) bond motifs is 1. The molecule has 2 aromatic rings. The summed E-state index contributed by atoms with van der Waals surface area (Å²) in [5.41, 5.74) is 2.04. The van der Waals surface area contributed by atoms with Crippen molar-refractivity contribution in [2.45, 2.75) is 57.6 Å². The van der Waals surface area contributed by atoms with Crippen molar-refractivity contribution in [1.82, 2.24) is 15.4 Å². The molecule has 1 saturated carbocycles. The number of nitrogens with zero attached hydrogens (tertiary/aromatic N) is 3. The van der Waals surface area contributed by atoms with Crippen molar-refractivity contribution in [2.75, 3.05) is 44.2 Å². The van der Waals surface area contributed by atoms with E-state index in [-0.39, 0.29) is 25.0 Å². The minimum Gasteiger partial charge on any atom is -0.394 e. The maximum atomic E-state index is 11.9. The highest BCUT2D eigenvalue weighted by Crippen LogP contribution is 2.29. The number of carbonyl (C=O) groups excluding carboxylic acids is 1. The molecule has 1 aromatic heterocycles. The molecule has 8 heteroatoms. The number of aliphatic hydroxyl groups excluding tert-OH is 2. The molecule has 1 saturated heterocycles. The molecule has 1 aromatic carbocycles. The molecule has 1 amide bonds. The third-order valence-corrected chi connectivity index (χ3v) is 6.98. The van der Waals surface area contributed by atoms with E-state index < -0.39 is 6.10 Å². The Labute approximate surface area is 189 Å². The SMILES string of the molecule is Cc1ccc2c(N3CCN(CCC4CCC(NC(=O)CC(O)CO)CC4)CC3)noc2c1. The number of hydrogen-bond donors (Lipinski definition) is 3. The molecule has 0 radical (unpaired) electrons. The van der Waals surface area contributed by atoms with Gasteiger partial charge in [0.25, 0.3) is 0 Å². The van der Waals surface area contributed by atoms with Gasteiger partial charge in [-0.3, -0.25) is 9.69 Å². The highest BCUT2D eigenvalue weighted by Gasteiger charge is 2.25. The molecule has 0 bridgehead atoms. The summed E-state index contributed by atoms with van der Waals surface area (Å²) in [5.74, 6) is 1.52. The summed E-state index contributed by atoms with van der Waals surface area (Å²) in [4.78, 5) is 16.8. The normalized spacial score (nSPS) is 23.4. The summed E-state index contributed by atoms with van der Waals surface area (Å²) in [6, 6.07) is 6.46. The van der Waals surface area contributed by atoms with Gasteiger partial charge in [0.15, 0.2) is 11.4 Å². The zero-order chi connectivity index (χ0) is 22.5. The van der Waals surface area contributed by atoms with Crippen molar-refractivity contribution in [1.29, 1.82) is 0 Å². The number of anilines is 1. The molecule has 2 aliphatic rings. The van der Waals surface area contributed by atoms with E-state index in [2.05, 4.69) is 39.3 Å². The van der Waals surface area contributed by atoms with Crippen LogP contribution in [0.5, 0.6) is 0 Å². The molecule has 0 spiro atoms. The first-order chi connectivity index (χ1) is 15.5. The lowest BCUT2D eigenvalue weighted by Crippen LogP contribution is -2.47. The fourth-order valence-electron chi connectivity index (χ4n) is 4.97. The van der Waals surface area contributed by atoms with Crippen LogP contribution >= 0.6 is 0 Å². The second-order valence-corrected chi connectivity index (χ2v) is 9.45. The Hall–Kier alpha value is -2.16. The quantitative estimate of drug-likeness (QED) is 0.573. The van der Waals surface area contributed by atoms with Gasteiger partial charge in [-0.25, -0.2) is 0 Å². The third kappa shape index (κ3) is 5.79. The Morgan fingerprint density at radius 2 is 1.97 bits per heavy atom. The highest BCUT2D eigenvalue weighted by molar-refractivity contribution is 5.89. The molecule has 3 N–H and O–H groups in total. The fraction of sp³-hybridized carbons (Fsp3) is 0.667. The molecule has 2 heterocycles. The summed E-state index contributed by atoms with van der Waals surface area (Å²) in [6.45, 7) is 6.83. The van der Waals surface area contributed by atoms with E-state index in [1.165, 1.54) is 12.0 Å². The lowest BCUT2D eigenvalue weighted by molar-refractivity contribution is -0.124. The average Bonchev–Trinajstić information content (AvgIpc) is 3.21. The van der Waals surface area contributed by atoms with Crippen LogP contribution in [-0.4, -0.2) is 77.7 Å². The van der Waals surface area contributed by atoms with Crippen molar-refractivity contribution < 1.29 is 19.5 Å². The Kier molecular flexibility index (Phi) is 7.65. The van der Waals surface area contributed by atoms with E-state index in [0.29, 0.717) is 5.92 Å². The van der Waals surface area contributed by atoms with Crippen molar-refractivity contribution in [3.05, 3.63) is 23.8 Å². The van der Waals surface area contributed by atoms with Gasteiger partial charge in [0, 0.05) is 32.2 Å². The summed E-state index contributed by atoms with van der Waals surface area (Å²) in [6.07, 6.45) is 4.49. The third-order valence-electron chi connectivity index (χ3n) is 6.98. The van der Waals surface area contributed by atoms with E-state index in [4.69, 9.17) is 9.63 Å². The predicted octanol–water partition coefficient (Wildman–Crippen LogP) is 2.07. The molecular formula is C24H36N4O4. The maximum absolute atomic E-state index is 11.9. The first kappa shape index (κ1) is 23.0. The van der Waals surface area contributed by atoms with Gasteiger partial charge >= 0.3 is 0 Å². The summed E-state index contributed by atoms with van der Waals surface area (Å²) in [7, 11) is 0. The van der Waals surface area contributed by atoms with Crippen LogP contribution in [0.3, 0.4) is 0 Å². The van der Waals surface area contributed by atoms with Gasteiger partial charge in [0.05, 0.1) is 24.5 Å². The van der Waals surface area contributed by atoms with E-state index in [9.17, 15) is 9.90 Å². The number of aryl methyl sites for hydroxylation is 1. The van der Waals surface area contributed by atoms with Crippen molar-refractivity contribution in [2.24, 2.45) is 5.92 Å². The van der Waals surface area contributed by atoms with Crippen LogP contribution in [0.1, 0.15) is 44.1 Å². The van der Waals surface area contributed by atoms with Crippen LogP contribution in [-0.2, 0) is 4.79 Å². The predicted molar refractivity (Wildman–Crippen MR) is 124 cm³/mol. The van der Waals surface area contributed by atoms with Crippen molar-refractivity contribution in [3.8, 4) is 0 Å². The molecule has 1 aliphatic carbocycles. The minimum atomic E-state index is -0.959. The number of rotatable bonds is 8. The number of aliphatic hydroxyl groups is 2. The number of amides is 1. The van der Waals surface area contributed by atoms with Gasteiger partial charge in [-0.1, -0.05) is 11.2 Å². The number of nitrogens with one attached hydrogen (secondary N) is 1. The Balaban J connectivity index is 1.16. The van der Waals surface area contributed by atoms with Gasteiger partial charge in [-0.15, -0.1) is 0 Å². The molecule has 32 heavy (non-hydrogen) atoms. The number of hydrogen-bond acceptors (Lipinski definition) is 7. The second kappa shape index (κ2) is 10.6. The van der Waals surface area contributed by atoms with E-state index in [1.54, 1.807) is 0 Å². The average molecular weight is 445 g/mol. The molecule has 2 fully saturated rings. The zero-order valence-electron chi connectivity index (χ0n) is 19.0. The van der Waals surface area contributed by atoms with Crippen LogP contribution in [0.2, 0.25) is 0 Å². The monoisotopic (exact) mass is 444 g/mol. The Bertz CT molecular complexity index is 885. The summed E-state index contributed by atoms with van der Waals surface area (Å²) in [5, 5.41) is 26.7. The first-order valence-electron chi connectivity index (χ1n) is 11.9. The molecule has 176 valence electrons. The van der Waals surface area contributed by atoms with Crippen LogP contribution in [0.25, 0.3) is 11.0 Å². The Morgan fingerprint density at radius 3 is 2.69 bits per heavy atom. The van der Waals surface area contributed by atoms with Gasteiger partial charge in [0.2, 0.25) is 5.91 Å². The first-order valence-corrected chi connectivity index (χ1v) is 11.9. The number of aromatic nitrogens is 1. The second-order valence-electron chi connectivity index (χ2n) is 9.45. The molecule has 1 unspecified atom stereocenters. The van der Waals surface area contributed by atoms with Crippen molar-refractivity contribution >= 4 is 22.7 Å². The van der Waals surface area contributed by atoms with E-state index >= 15 is 0 Å². The molecule has 8 nitrogen and oxygen atoms in total. The van der Waals surface area contributed by atoms with Gasteiger partial charge in [-0.05, 0) is 69.2 Å². The molecule has 1 atom stereocenters. The number of benzene rings is 1. The van der Waals surface area contributed by atoms with Crippen LogP contribution in [0, 0.1) is 12.8 Å². The summed E-state index contributed by atoms with van der Waals surface area (Å²) < 4.78 is 5.54. The topological polar surface area (TPSA) is 102 Å². The number of carbonyl (C=O) groups is 1. The largest absolute Gasteiger partial charge is 0.394 e. The minimum absolute atomic E-state index is 0.0216. The molecule has 4 rings (SSSR count). The van der Waals surface area contributed by atoms with Crippen molar-refractivity contribution in [3.63, 3.8) is 0 Å². The lowest BCUT2D eigenvalue weighted by Gasteiger charge is -2.36. The van der Waals surface area contributed by atoms with Crippen LogP contribution in [0.15, 0.2) is 22.7 Å². The number of piperazine rings is 1. The smallest absolute Gasteiger partial charge is 0.222 e. The summed E-state index contributed by atoms with van der Waals surface area (Å²) >= 11 is 0. The van der Waals surface area contributed by atoms with E-state index in [1.807, 2.05) is 6.07 Å². The zero-order valence-corrected chi connectivity index (χ0v) is 19.0. The molecular weight excluding hydrogens is 408 g/mol. The lowest BCUT2D eigenvalue weighted by atomic mass is 9.84. The fourth-order valence-corrected chi connectivity index (χ4v) is 4.97. The maximum Gasteiger partial charge on any atom is 0.222 e. The van der Waals surface area contributed by atoms with Gasteiger partial charge in [-0.2, -0.15) is 0 Å². The van der Waals surface area contributed by atoms with Gasteiger partial charge in [0.1, 0.15) is 0 Å². The molecule has 1 aliphatic heterocycles. The Morgan fingerprint density at radius 1 is 1.22 bits per heavy atom. The van der Waals surface area contributed by atoms with Gasteiger partial charge < -0.3 is 25.0 Å².